The van der Waals surface area contributed by atoms with E-state index in [1.165, 1.54) is 0 Å². The molecule has 0 saturated carbocycles. The van der Waals surface area contributed by atoms with Gasteiger partial charge in [-0.3, -0.25) is 4.72 Å². The van der Waals surface area contributed by atoms with Crippen LogP contribution in [0.3, 0.4) is 0 Å². The first-order valence-corrected chi connectivity index (χ1v) is 14.0. The van der Waals surface area contributed by atoms with Gasteiger partial charge in [0, 0.05) is 54.4 Å². The van der Waals surface area contributed by atoms with Gasteiger partial charge >= 0.3 is 0 Å². The zero-order valence-electron chi connectivity index (χ0n) is 20.1. The van der Waals surface area contributed by atoms with Crippen LogP contribution in [-0.4, -0.2) is 57.5 Å². The molecule has 34 heavy (non-hydrogen) atoms. The summed E-state index contributed by atoms with van der Waals surface area (Å²) in [5, 5.41) is 4.35. The van der Waals surface area contributed by atoms with Crippen molar-refractivity contribution in [1.82, 2.24) is 4.90 Å². The van der Waals surface area contributed by atoms with Crippen LogP contribution in [0.5, 0.6) is 11.5 Å². The number of fused-ring (bicyclic) bond motifs is 1. The Hall–Kier alpha value is -2.16. The third-order valence-corrected chi connectivity index (χ3v) is 6.97. The number of ether oxygens (including phenoxy) is 2. The fourth-order valence-corrected chi connectivity index (χ4v) is 5.28. The van der Waals surface area contributed by atoms with Crippen LogP contribution in [0.25, 0.3) is 0 Å². The van der Waals surface area contributed by atoms with Gasteiger partial charge < -0.3 is 19.7 Å². The number of benzene rings is 2. The molecule has 0 radical (unpaired) electrons. The van der Waals surface area contributed by atoms with E-state index in [0.717, 1.165) is 67.2 Å². The zero-order valence-corrected chi connectivity index (χ0v) is 21.6. The normalized spacial score (nSPS) is 18.2. The second kappa shape index (κ2) is 10.2. The highest BCUT2D eigenvalue weighted by Crippen LogP contribution is 2.44. The minimum atomic E-state index is -3.37. The van der Waals surface area contributed by atoms with E-state index < -0.39 is 10.0 Å². The maximum absolute atomic E-state index is 11.7. The third kappa shape index (κ3) is 6.93. The molecule has 0 amide bonds. The highest BCUT2D eigenvalue weighted by atomic mass is 35.5. The quantitative estimate of drug-likeness (QED) is 0.476. The molecule has 2 aliphatic heterocycles. The van der Waals surface area contributed by atoms with E-state index in [-0.39, 0.29) is 5.60 Å². The topological polar surface area (TPSA) is 79.9 Å². The predicted molar refractivity (Wildman–Crippen MR) is 138 cm³/mol. The van der Waals surface area contributed by atoms with Gasteiger partial charge in [-0.25, -0.2) is 8.42 Å². The van der Waals surface area contributed by atoms with Crippen molar-refractivity contribution in [1.29, 1.82) is 0 Å². The largest absolute Gasteiger partial charge is 0.490 e. The highest BCUT2D eigenvalue weighted by Gasteiger charge is 2.33. The van der Waals surface area contributed by atoms with E-state index >= 15 is 0 Å². The molecule has 0 unspecified atom stereocenters. The summed E-state index contributed by atoms with van der Waals surface area (Å²) < 4.78 is 38.2. The van der Waals surface area contributed by atoms with Gasteiger partial charge in [0.05, 0.1) is 18.6 Å². The molecule has 0 aromatic heterocycles. The Balaban J connectivity index is 1.26. The average Bonchev–Trinajstić information content (AvgIpc) is 3.06. The number of nitrogens with zero attached hydrogens (tertiary/aromatic N) is 1. The number of hydrogen-bond acceptors (Lipinski definition) is 6. The van der Waals surface area contributed by atoms with Crippen molar-refractivity contribution in [2.45, 2.75) is 51.2 Å². The lowest BCUT2D eigenvalue weighted by Crippen LogP contribution is -2.39. The maximum Gasteiger partial charge on any atom is 0.229 e. The fourth-order valence-electron chi connectivity index (χ4n) is 4.61. The van der Waals surface area contributed by atoms with Gasteiger partial charge in [-0.1, -0.05) is 11.6 Å². The van der Waals surface area contributed by atoms with Gasteiger partial charge in [0.1, 0.15) is 5.60 Å². The standard InChI is InChI=1S/C25H34ClN3O4S/c1-25(2)17-18-15-22(28-34(3,30)31)16-23(24(18)33-25)32-14-4-11-29-12-9-21(10-13-29)27-20-7-5-19(26)6-8-20/h5-8,15-16,21,27-28H,4,9-14,17H2,1-3H3. The highest BCUT2D eigenvalue weighted by molar-refractivity contribution is 7.92. The first-order chi connectivity index (χ1) is 16.1. The van der Waals surface area contributed by atoms with Crippen LogP contribution < -0.4 is 19.5 Å². The van der Waals surface area contributed by atoms with E-state index in [4.69, 9.17) is 21.1 Å². The first-order valence-electron chi connectivity index (χ1n) is 11.8. The third-order valence-electron chi connectivity index (χ3n) is 6.11. The summed E-state index contributed by atoms with van der Waals surface area (Å²) in [5.74, 6) is 1.32. The Kier molecular flexibility index (Phi) is 7.50. The monoisotopic (exact) mass is 507 g/mol. The Bertz CT molecular complexity index is 1100. The van der Waals surface area contributed by atoms with Gasteiger partial charge in [-0.05, 0) is 63.4 Å². The maximum atomic E-state index is 11.7. The summed E-state index contributed by atoms with van der Waals surface area (Å²) in [7, 11) is -3.37. The molecular weight excluding hydrogens is 474 g/mol. The van der Waals surface area contributed by atoms with Crippen LogP contribution in [0, 0.1) is 0 Å². The molecule has 0 aliphatic carbocycles. The molecule has 186 valence electrons. The second-order valence-corrected chi connectivity index (χ2v) is 12.0. The fraction of sp³-hybridized carbons (Fsp3) is 0.520. The van der Waals surface area contributed by atoms with Crippen molar-refractivity contribution in [2.24, 2.45) is 0 Å². The minimum Gasteiger partial charge on any atom is -0.490 e. The van der Waals surface area contributed by atoms with Crippen molar-refractivity contribution >= 4 is 33.0 Å². The van der Waals surface area contributed by atoms with Gasteiger partial charge in [0.2, 0.25) is 10.0 Å². The van der Waals surface area contributed by atoms with Crippen LogP contribution in [0.4, 0.5) is 11.4 Å². The SMILES string of the molecule is CC1(C)Cc2cc(NS(C)(=O)=O)cc(OCCCN3CCC(Nc4ccc(Cl)cc4)CC3)c2O1. The molecule has 0 bridgehead atoms. The van der Waals surface area contributed by atoms with Crippen molar-refractivity contribution in [2.75, 3.05) is 42.5 Å². The van der Waals surface area contributed by atoms with Gasteiger partial charge in [0.15, 0.2) is 11.5 Å². The summed E-state index contributed by atoms with van der Waals surface area (Å²) >= 11 is 5.97. The lowest BCUT2D eigenvalue weighted by molar-refractivity contribution is 0.131. The summed E-state index contributed by atoms with van der Waals surface area (Å²) in [6.45, 7) is 7.64. The second-order valence-electron chi connectivity index (χ2n) is 9.84. The van der Waals surface area contributed by atoms with E-state index in [0.29, 0.717) is 30.5 Å². The molecule has 9 heteroatoms. The van der Waals surface area contributed by atoms with Gasteiger partial charge in [0.25, 0.3) is 0 Å². The molecule has 2 aromatic rings. The predicted octanol–water partition coefficient (Wildman–Crippen LogP) is 4.77. The van der Waals surface area contributed by atoms with E-state index in [1.54, 1.807) is 6.07 Å². The number of rotatable bonds is 9. The summed E-state index contributed by atoms with van der Waals surface area (Å²) in [6, 6.07) is 11.9. The summed E-state index contributed by atoms with van der Waals surface area (Å²) in [4.78, 5) is 2.47. The molecule has 1 saturated heterocycles. The number of hydrogen-bond donors (Lipinski definition) is 2. The molecular formula is C25H34ClN3O4S. The Morgan fingerprint density at radius 1 is 1.15 bits per heavy atom. The number of nitrogens with one attached hydrogen (secondary N) is 2. The smallest absolute Gasteiger partial charge is 0.229 e. The van der Waals surface area contributed by atoms with Gasteiger partial charge in [-0.2, -0.15) is 0 Å². The Morgan fingerprint density at radius 2 is 1.85 bits per heavy atom. The Morgan fingerprint density at radius 3 is 2.53 bits per heavy atom. The number of anilines is 2. The van der Waals surface area contributed by atoms with Crippen LogP contribution in [0.2, 0.25) is 5.02 Å². The van der Waals surface area contributed by atoms with Crippen molar-refractivity contribution < 1.29 is 17.9 Å². The number of likely N-dealkylation sites (tertiary alicyclic amines) is 1. The molecule has 0 spiro atoms. The first kappa shape index (κ1) is 24.9. The molecule has 2 aromatic carbocycles. The lowest BCUT2D eigenvalue weighted by atomic mass is 10.0. The molecule has 1 fully saturated rings. The van der Waals surface area contributed by atoms with Crippen LogP contribution >= 0.6 is 11.6 Å². The van der Waals surface area contributed by atoms with E-state index in [2.05, 4.69) is 14.9 Å². The number of sulfonamides is 1. The van der Waals surface area contributed by atoms with Crippen molar-refractivity contribution in [3.63, 3.8) is 0 Å². The molecule has 2 heterocycles. The van der Waals surface area contributed by atoms with Crippen LogP contribution in [0.15, 0.2) is 36.4 Å². The number of halogens is 1. The van der Waals surface area contributed by atoms with Crippen LogP contribution in [0.1, 0.15) is 38.7 Å². The van der Waals surface area contributed by atoms with E-state index in [1.807, 2.05) is 44.2 Å². The van der Waals surface area contributed by atoms with Gasteiger partial charge in [-0.15, -0.1) is 0 Å². The van der Waals surface area contributed by atoms with E-state index in [9.17, 15) is 8.42 Å². The Labute approximate surface area is 207 Å². The summed E-state index contributed by atoms with van der Waals surface area (Å²) in [6.07, 6.45) is 4.93. The molecule has 2 aliphatic rings. The van der Waals surface area contributed by atoms with Crippen molar-refractivity contribution in [3.05, 3.63) is 47.0 Å². The molecule has 2 N–H and O–H groups in total. The molecule has 0 atom stereocenters. The molecule has 4 rings (SSSR count). The van der Waals surface area contributed by atoms with Crippen molar-refractivity contribution in [3.8, 4) is 11.5 Å². The lowest BCUT2D eigenvalue weighted by Gasteiger charge is -2.32. The average molecular weight is 508 g/mol. The molecule has 7 nitrogen and oxygen atoms in total. The minimum absolute atomic E-state index is 0.339. The van der Waals surface area contributed by atoms with Crippen LogP contribution in [-0.2, 0) is 16.4 Å². The summed E-state index contributed by atoms with van der Waals surface area (Å²) in [5.41, 5.74) is 2.24. The number of piperidine rings is 1. The zero-order chi connectivity index (χ0) is 24.3.